The molecule has 0 fully saturated rings. The maximum absolute atomic E-state index is 5.97. The van der Waals surface area contributed by atoms with Gasteiger partial charge < -0.3 is 19.5 Å². The van der Waals surface area contributed by atoms with Crippen LogP contribution in [0.1, 0.15) is 5.56 Å². The number of rotatable bonds is 8. The van der Waals surface area contributed by atoms with Crippen molar-refractivity contribution in [3.63, 3.8) is 0 Å². The molecule has 0 bridgehead atoms. The van der Waals surface area contributed by atoms with Crippen molar-refractivity contribution in [1.29, 1.82) is 0 Å². The van der Waals surface area contributed by atoms with E-state index in [1.54, 1.807) is 7.11 Å². The molecular weight excluding hydrogens is 314 g/mol. The second-order valence-electron chi connectivity index (χ2n) is 5.67. The molecule has 25 heavy (non-hydrogen) atoms. The number of methoxy groups -OCH3 is 1. The first-order valence-electron chi connectivity index (χ1n) is 8.36. The Morgan fingerprint density at radius 2 is 1.52 bits per heavy atom. The molecule has 0 aliphatic heterocycles. The molecule has 3 rings (SSSR count). The largest absolute Gasteiger partial charge is 0.497 e. The highest BCUT2D eigenvalue weighted by Gasteiger charge is 2.08. The molecule has 0 aliphatic rings. The van der Waals surface area contributed by atoms with Gasteiger partial charge in [-0.15, -0.1) is 0 Å². The van der Waals surface area contributed by atoms with Gasteiger partial charge in [0.1, 0.15) is 30.5 Å². The van der Waals surface area contributed by atoms with Crippen LogP contribution in [-0.4, -0.2) is 27.4 Å². The quantitative estimate of drug-likeness (QED) is 0.630. The van der Waals surface area contributed by atoms with Crippen LogP contribution in [0, 0.1) is 0 Å². The molecule has 0 saturated heterocycles. The highest BCUT2D eigenvalue weighted by molar-refractivity contribution is 5.87. The summed E-state index contributed by atoms with van der Waals surface area (Å²) >= 11 is 0. The molecule has 3 aromatic rings. The molecule has 0 saturated carbocycles. The minimum absolute atomic E-state index is 0.484. The Bertz CT molecular complexity index is 815. The SMILES string of the molecule is CNCc1c(OCCOc2ccc(OC)cc2)ccc2ccccc12. The number of hydrogen-bond acceptors (Lipinski definition) is 4. The van der Waals surface area contributed by atoms with Crippen molar-refractivity contribution in [3.8, 4) is 17.2 Å². The summed E-state index contributed by atoms with van der Waals surface area (Å²) < 4.78 is 16.8. The zero-order chi connectivity index (χ0) is 17.5. The van der Waals surface area contributed by atoms with Gasteiger partial charge in [0.25, 0.3) is 0 Å². The zero-order valence-corrected chi connectivity index (χ0v) is 14.6. The van der Waals surface area contributed by atoms with E-state index in [0.717, 1.165) is 23.8 Å². The predicted octanol–water partition coefficient (Wildman–Crippen LogP) is 4.03. The highest BCUT2D eigenvalue weighted by atomic mass is 16.5. The molecule has 3 aromatic carbocycles. The molecule has 0 aliphatic carbocycles. The van der Waals surface area contributed by atoms with E-state index in [-0.39, 0.29) is 0 Å². The first-order valence-corrected chi connectivity index (χ1v) is 8.36. The molecule has 130 valence electrons. The highest BCUT2D eigenvalue weighted by Crippen LogP contribution is 2.28. The summed E-state index contributed by atoms with van der Waals surface area (Å²) in [6, 6.07) is 20.0. The minimum atomic E-state index is 0.484. The van der Waals surface area contributed by atoms with Gasteiger partial charge in [0.2, 0.25) is 0 Å². The average Bonchev–Trinajstić information content (AvgIpc) is 2.67. The Morgan fingerprint density at radius 1 is 0.800 bits per heavy atom. The fourth-order valence-electron chi connectivity index (χ4n) is 2.79. The lowest BCUT2D eigenvalue weighted by atomic mass is 10.0. The Morgan fingerprint density at radius 3 is 2.28 bits per heavy atom. The maximum Gasteiger partial charge on any atom is 0.124 e. The molecular formula is C21H23NO3. The van der Waals surface area contributed by atoms with Crippen molar-refractivity contribution in [1.82, 2.24) is 5.32 Å². The second kappa shape index (κ2) is 8.40. The van der Waals surface area contributed by atoms with E-state index in [9.17, 15) is 0 Å². The summed E-state index contributed by atoms with van der Waals surface area (Å²) in [5.74, 6) is 2.52. The van der Waals surface area contributed by atoms with Crippen LogP contribution < -0.4 is 19.5 Å². The molecule has 1 N–H and O–H groups in total. The zero-order valence-electron chi connectivity index (χ0n) is 14.6. The third-order valence-electron chi connectivity index (χ3n) is 4.02. The van der Waals surface area contributed by atoms with E-state index in [1.165, 1.54) is 16.3 Å². The lowest BCUT2D eigenvalue weighted by Crippen LogP contribution is -2.12. The van der Waals surface area contributed by atoms with Crippen molar-refractivity contribution in [2.45, 2.75) is 6.54 Å². The molecule has 0 spiro atoms. The van der Waals surface area contributed by atoms with Gasteiger partial charge in [-0.05, 0) is 48.2 Å². The monoisotopic (exact) mass is 337 g/mol. The maximum atomic E-state index is 5.97. The molecule has 0 aromatic heterocycles. The van der Waals surface area contributed by atoms with Gasteiger partial charge in [-0.1, -0.05) is 30.3 Å². The van der Waals surface area contributed by atoms with E-state index >= 15 is 0 Å². The molecule has 4 nitrogen and oxygen atoms in total. The lowest BCUT2D eigenvalue weighted by molar-refractivity contribution is 0.216. The molecule has 0 heterocycles. The molecule has 4 heteroatoms. The van der Waals surface area contributed by atoms with Crippen molar-refractivity contribution in [2.75, 3.05) is 27.4 Å². The number of fused-ring (bicyclic) bond motifs is 1. The third-order valence-corrected chi connectivity index (χ3v) is 4.02. The molecule has 0 radical (unpaired) electrons. The van der Waals surface area contributed by atoms with E-state index < -0.39 is 0 Å². The number of hydrogen-bond donors (Lipinski definition) is 1. The fourth-order valence-corrected chi connectivity index (χ4v) is 2.79. The van der Waals surface area contributed by atoms with Crippen LogP contribution in [0.2, 0.25) is 0 Å². The predicted molar refractivity (Wildman–Crippen MR) is 101 cm³/mol. The summed E-state index contributed by atoms with van der Waals surface area (Å²) in [5, 5.41) is 5.65. The Labute approximate surface area is 148 Å². The first-order chi connectivity index (χ1) is 12.3. The Balaban J connectivity index is 1.63. The van der Waals surface area contributed by atoms with E-state index in [4.69, 9.17) is 14.2 Å². The van der Waals surface area contributed by atoms with Crippen LogP contribution in [0.15, 0.2) is 60.7 Å². The fraction of sp³-hybridized carbons (Fsp3) is 0.238. The van der Waals surface area contributed by atoms with E-state index in [1.807, 2.05) is 37.4 Å². The van der Waals surface area contributed by atoms with Gasteiger partial charge in [0, 0.05) is 12.1 Å². The summed E-state index contributed by atoms with van der Waals surface area (Å²) in [5.41, 5.74) is 1.17. The van der Waals surface area contributed by atoms with Crippen molar-refractivity contribution < 1.29 is 14.2 Å². The second-order valence-corrected chi connectivity index (χ2v) is 5.67. The van der Waals surface area contributed by atoms with Crippen LogP contribution in [0.3, 0.4) is 0 Å². The van der Waals surface area contributed by atoms with Gasteiger partial charge in [0.05, 0.1) is 7.11 Å². The molecule has 0 amide bonds. The number of ether oxygens (including phenoxy) is 3. The van der Waals surface area contributed by atoms with Gasteiger partial charge in [-0.25, -0.2) is 0 Å². The van der Waals surface area contributed by atoms with Crippen LogP contribution in [0.5, 0.6) is 17.2 Å². The Hall–Kier alpha value is -2.72. The number of nitrogens with one attached hydrogen (secondary N) is 1. The standard InChI is InChI=1S/C21H23NO3/c1-22-15-20-19-6-4-3-5-16(19)7-12-21(20)25-14-13-24-18-10-8-17(23-2)9-11-18/h3-12,22H,13-15H2,1-2H3. The average molecular weight is 337 g/mol. The smallest absolute Gasteiger partial charge is 0.124 e. The van der Waals surface area contributed by atoms with Crippen molar-refractivity contribution >= 4 is 10.8 Å². The lowest BCUT2D eigenvalue weighted by Gasteiger charge is -2.14. The summed E-state index contributed by atoms with van der Waals surface area (Å²) in [7, 11) is 3.59. The van der Waals surface area contributed by atoms with E-state index in [2.05, 4.69) is 35.6 Å². The minimum Gasteiger partial charge on any atom is -0.497 e. The summed E-state index contributed by atoms with van der Waals surface area (Å²) in [6.07, 6.45) is 0. The van der Waals surface area contributed by atoms with Gasteiger partial charge in [0.15, 0.2) is 0 Å². The summed E-state index contributed by atoms with van der Waals surface area (Å²) in [4.78, 5) is 0. The van der Waals surface area contributed by atoms with Crippen LogP contribution in [0.4, 0.5) is 0 Å². The molecule has 0 unspecified atom stereocenters. The van der Waals surface area contributed by atoms with E-state index in [0.29, 0.717) is 13.2 Å². The van der Waals surface area contributed by atoms with Gasteiger partial charge in [-0.2, -0.15) is 0 Å². The van der Waals surface area contributed by atoms with Crippen LogP contribution in [-0.2, 0) is 6.54 Å². The first kappa shape index (κ1) is 17.1. The van der Waals surface area contributed by atoms with Gasteiger partial charge in [-0.3, -0.25) is 0 Å². The third kappa shape index (κ3) is 4.22. The normalized spacial score (nSPS) is 10.6. The summed E-state index contributed by atoms with van der Waals surface area (Å²) in [6.45, 7) is 1.73. The van der Waals surface area contributed by atoms with Crippen molar-refractivity contribution in [3.05, 3.63) is 66.2 Å². The van der Waals surface area contributed by atoms with Crippen LogP contribution >= 0.6 is 0 Å². The van der Waals surface area contributed by atoms with Gasteiger partial charge >= 0.3 is 0 Å². The molecule has 0 atom stereocenters. The Kier molecular flexibility index (Phi) is 5.75. The van der Waals surface area contributed by atoms with Crippen LogP contribution in [0.25, 0.3) is 10.8 Å². The topological polar surface area (TPSA) is 39.7 Å². The van der Waals surface area contributed by atoms with Crippen molar-refractivity contribution in [2.24, 2.45) is 0 Å². The number of benzene rings is 3.